The van der Waals surface area contributed by atoms with Crippen molar-refractivity contribution in [3.8, 4) is 5.75 Å². The Balaban J connectivity index is 1.25. The van der Waals surface area contributed by atoms with Crippen LogP contribution in [0.3, 0.4) is 0 Å². The van der Waals surface area contributed by atoms with Gasteiger partial charge in [0.1, 0.15) is 18.9 Å². The minimum atomic E-state index is -0.313. The first-order valence-corrected chi connectivity index (χ1v) is 10.5. The van der Waals surface area contributed by atoms with E-state index in [1.165, 1.54) is 0 Å². The van der Waals surface area contributed by atoms with E-state index in [0.29, 0.717) is 13.2 Å². The minimum Gasteiger partial charge on any atom is -0.489 e. The average molecular weight is 406 g/mol. The summed E-state index contributed by atoms with van der Waals surface area (Å²) in [6.07, 6.45) is 3.47. The molecule has 2 fully saturated rings. The van der Waals surface area contributed by atoms with Crippen molar-refractivity contribution in [2.45, 2.75) is 38.8 Å². The molecule has 6 heteroatoms. The second-order valence-corrected chi connectivity index (χ2v) is 7.96. The maximum atomic E-state index is 12.5. The van der Waals surface area contributed by atoms with Crippen LogP contribution in [0.4, 0.5) is 0 Å². The Morgan fingerprint density at radius 2 is 1.50 bits per heavy atom. The summed E-state index contributed by atoms with van der Waals surface area (Å²) in [6, 6.07) is 17.4. The molecule has 2 aromatic rings. The number of nitrogens with one attached hydrogen (secondary N) is 1. The number of imide groups is 1. The van der Waals surface area contributed by atoms with Crippen molar-refractivity contribution in [3.63, 3.8) is 0 Å². The summed E-state index contributed by atoms with van der Waals surface area (Å²) in [5, 5.41) is 2.81. The number of likely N-dealkylation sites (tertiary alicyclic amines) is 1. The monoisotopic (exact) mass is 406 g/mol. The van der Waals surface area contributed by atoms with Gasteiger partial charge in [-0.3, -0.25) is 19.3 Å². The average Bonchev–Trinajstić information content (AvgIpc) is 3.03. The first-order chi connectivity index (χ1) is 14.6. The Kier molecular flexibility index (Phi) is 6.12. The number of carbonyl (C=O) groups excluding carboxylic acids is 3. The highest BCUT2D eigenvalue weighted by Gasteiger charge is 2.48. The Morgan fingerprint density at radius 1 is 0.900 bits per heavy atom. The molecule has 3 amide bonds. The van der Waals surface area contributed by atoms with Gasteiger partial charge in [0.15, 0.2) is 0 Å². The highest BCUT2D eigenvalue weighted by atomic mass is 16.5. The van der Waals surface area contributed by atoms with E-state index in [0.717, 1.165) is 47.5 Å². The smallest absolute Gasteiger partial charge is 0.240 e. The summed E-state index contributed by atoms with van der Waals surface area (Å²) in [7, 11) is 0. The Hall–Kier alpha value is -3.15. The molecule has 6 nitrogen and oxygen atoms in total. The number of amides is 3. The standard InChI is InChI=1S/C24H26N2O4/c27-22(15-26-23(28)20-8-4-5-9-21(20)24(26)29)25-14-17-10-12-18(13-11-17)16-30-19-6-2-1-3-7-19/h1-3,6-7,10-13,20-21H,4-5,8-9,14-16H2,(H,25,27)/t20-,21-/m1/s1. The van der Waals surface area contributed by atoms with Crippen LogP contribution in [0.15, 0.2) is 54.6 Å². The zero-order chi connectivity index (χ0) is 20.9. The molecule has 4 rings (SSSR count). The van der Waals surface area contributed by atoms with E-state index in [9.17, 15) is 14.4 Å². The van der Waals surface area contributed by atoms with E-state index in [1.54, 1.807) is 0 Å². The molecule has 0 spiro atoms. The normalized spacial score (nSPS) is 20.7. The third-order valence-electron chi connectivity index (χ3n) is 5.90. The first kappa shape index (κ1) is 20.1. The first-order valence-electron chi connectivity index (χ1n) is 10.5. The topological polar surface area (TPSA) is 75.7 Å². The molecule has 1 N–H and O–H groups in total. The van der Waals surface area contributed by atoms with E-state index in [-0.39, 0.29) is 36.1 Å². The maximum Gasteiger partial charge on any atom is 0.240 e. The van der Waals surface area contributed by atoms with Crippen LogP contribution in [0.2, 0.25) is 0 Å². The van der Waals surface area contributed by atoms with Crippen LogP contribution in [0.1, 0.15) is 36.8 Å². The van der Waals surface area contributed by atoms with Gasteiger partial charge in [-0.15, -0.1) is 0 Å². The van der Waals surface area contributed by atoms with Gasteiger partial charge in [-0.25, -0.2) is 0 Å². The fourth-order valence-corrected chi connectivity index (χ4v) is 4.22. The second-order valence-electron chi connectivity index (χ2n) is 7.96. The predicted octanol–water partition coefficient (Wildman–Crippen LogP) is 3.06. The Morgan fingerprint density at radius 3 is 2.13 bits per heavy atom. The highest BCUT2D eigenvalue weighted by Crippen LogP contribution is 2.37. The van der Waals surface area contributed by atoms with Crippen LogP contribution in [-0.4, -0.2) is 29.2 Å². The van der Waals surface area contributed by atoms with Crippen molar-refractivity contribution in [2.24, 2.45) is 11.8 Å². The minimum absolute atomic E-state index is 0.178. The zero-order valence-electron chi connectivity index (χ0n) is 16.9. The molecular formula is C24H26N2O4. The predicted molar refractivity (Wildman–Crippen MR) is 111 cm³/mol. The van der Waals surface area contributed by atoms with Gasteiger partial charge in [0.05, 0.1) is 11.8 Å². The molecule has 2 atom stereocenters. The molecule has 30 heavy (non-hydrogen) atoms. The summed E-state index contributed by atoms with van der Waals surface area (Å²) in [5.74, 6) is -0.286. The molecule has 1 saturated heterocycles. The third kappa shape index (κ3) is 4.53. The van der Waals surface area contributed by atoms with Gasteiger partial charge in [0, 0.05) is 6.54 Å². The number of ether oxygens (including phenoxy) is 1. The van der Waals surface area contributed by atoms with E-state index >= 15 is 0 Å². The number of nitrogens with zero attached hydrogens (tertiary/aromatic N) is 1. The molecule has 0 radical (unpaired) electrons. The zero-order valence-corrected chi connectivity index (χ0v) is 16.9. The molecule has 2 aromatic carbocycles. The molecule has 1 saturated carbocycles. The molecule has 1 aliphatic heterocycles. The molecule has 0 aromatic heterocycles. The number of hydrogen-bond acceptors (Lipinski definition) is 4. The summed E-state index contributed by atoms with van der Waals surface area (Å²) in [5.41, 5.74) is 1.98. The maximum absolute atomic E-state index is 12.5. The molecule has 156 valence electrons. The Labute approximate surface area is 176 Å². The fourth-order valence-electron chi connectivity index (χ4n) is 4.22. The lowest BCUT2D eigenvalue weighted by atomic mass is 9.81. The van der Waals surface area contributed by atoms with Gasteiger partial charge in [0.25, 0.3) is 0 Å². The number of fused-ring (bicyclic) bond motifs is 1. The SMILES string of the molecule is O=C(CN1C(=O)[C@@H]2CCCC[C@H]2C1=O)NCc1ccc(COc2ccccc2)cc1. The Bertz CT molecular complexity index is 887. The van der Waals surface area contributed by atoms with Crippen LogP contribution < -0.4 is 10.1 Å². The summed E-state index contributed by atoms with van der Waals surface area (Å²) in [6.45, 7) is 0.633. The summed E-state index contributed by atoms with van der Waals surface area (Å²) >= 11 is 0. The van der Waals surface area contributed by atoms with Crippen molar-refractivity contribution in [1.29, 1.82) is 0 Å². The molecular weight excluding hydrogens is 380 g/mol. The second kappa shape index (κ2) is 9.11. The van der Waals surface area contributed by atoms with Gasteiger partial charge in [-0.1, -0.05) is 55.3 Å². The van der Waals surface area contributed by atoms with Crippen molar-refractivity contribution < 1.29 is 19.1 Å². The number of carbonyl (C=O) groups is 3. The highest BCUT2D eigenvalue weighted by molar-refractivity contribution is 6.07. The van der Waals surface area contributed by atoms with Crippen molar-refractivity contribution in [2.75, 3.05) is 6.54 Å². The fraction of sp³-hybridized carbons (Fsp3) is 0.375. The molecule has 2 aliphatic rings. The molecule has 1 aliphatic carbocycles. The molecule has 0 bridgehead atoms. The third-order valence-corrected chi connectivity index (χ3v) is 5.90. The number of rotatable bonds is 7. The van der Waals surface area contributed by atoms with Gasteiger partial charge >= 0.3 is 0 Å². The summed E-state index contributed by atoms with van der Waals surface area (Å²) in [4.78, 5) is 38.4. The van der Waals surface area contributed by atoms with Gasteiger partial charge in [-0.2, -0.15) is 0 Å². The van der Waals surface area contributed by atoms with E-state index in [2.05, 4.69) is 5.32 Å². The lowest BCUT2D eigenvalue weighted by Gasteiger charge is -2.19. The summed E-state index contributed by atoms with van der Waals surface area (Å²) < 4.78 is 5.73. The van der Waals surface area contributed by atoms with E-state index in [4.69, 9.17) is 4.74 Å². The van der Waals surface area contributed by atoms with Crippen molar-refractivity contribution in [3.05, 3.63) is 65.7 Å². The van der Waals surface area contributed by atoms with Gasteiger partial charge in [0.2, 0.25) is 17.7 Å². The lowest BCUT2D eigenvalue weighted by molar-refractivity contribution is -0.143. The van der Waals surface area contributed by atoms with Gasteiger partial charge < -0.3 is 10.1 Å². The van der Waals surface area contributed by atoms with Crippen LogP contribution in [-0.2, 0) is 27.5 Å². The van der Waals surface area contributed by atoms with E-state index in [1.807, 2.05) is 54.6 Å². The van der Waals surface area contributed by atoms with Crippen LogP contribution >= 0.6 is 0 Å². The molecule has 1 heterocycles. The number of hydrogen-bond donors (Lipinski definition) is 1. The van der Waals surface area contributed by atoms with Crippen LogP contribution in [0.5, 0.6) is 5.75 Å². The van der Waals surface area contributed by atoms with Crippen molar-refractivity contribution >= 4 is 17.7 Å². The quantitative estimate of drug-likeness (QED) is 0.717. The lowest BCUT2D eigenvalue weighted by Crippen LogP contribution is -2.40. The number of para-hydroxylation sites is 1. The number of benzene rings is 2. The van der Waals surface area contributed by atoms with E-state index < -0.39 is 0 Å². The van der Waals surface area contributed by atoms with Gasteiger partial charge in [-0.05, 0) is 36.1 Å². The van der Waals surface area contributed by atoms with Crippen molar-refractivity contribution in [1.82, 2.24) is 10.2 Å². The largest absolute Gasteiger partial charge is 0.489 e. The van der Waals surface area contributed by atoms with Crippen LogP contribution in [0.25, 0.3) is 0 Å². The molecule has 0 unspecified atom stereocenters. The van der Waals surface area contributed by atoms with Crippen LogP contribution in [0, 0.1) is 11.8 Å².